The third-order valence-electron chi connectivity index (χ3n) is 4.00. The van der Waals surface area contributed by atoms with Gasteiger partial charge in [-0.2, -0.15) is 0 Å². The maximum Gasteiger partial charge on any atom is 0.246 e. The zero-order valence-corrected chi connectivity index (χ0v) is 14.2. The fourth-order valence-corrected chi connectivity index (χ4v) is 4.47. The smallest absolute Gasteiger partial charge is 0.246 e. The molecule has 0 unspecified atom stereocenters. The lowest BCUT2D eigenvalue weighted by Gasteiger charge is -2.26. The first-order chi connectivity index (χ1) is 11.6. The fraction of sp³-hybridized carbons (Fsp3) is 0.100. The minimum absolute atomic E-state index is 0.648. The summed E-state index contributed by atoms with van der Waals surface area (Å²) in [6, 6.07) is 27.8. The second kappa shape index (κ2) is 6.89. The van der Waals surface area contributed by atoms with E-state index < -0.39 is 15.3 Å². The van der Waals surface area contributed by atoms with Crippen molar-refractivity contribution in [1.82, 2.24) is 0 Å². The van der Waals surface area contributed by atoms with E-state index in [1.807, 2.05) is 78.9 Å². The van der Waals surface area contributed by atoms with Gasteiger partial charge in [-0.25, -0.2) is 8.42 Å². The summed E-state index contributed by atoms with van der Waals surface area (Å²) in [5.74, 6) is 0. The van der Waals surface area contributed by atoms with Crippen molar-refractivity contribution in [3.63, 3.8) is 0 Å². The number of hydrogen-bond donors (Lipinski definition) is 0. The topological polar surface area (TPSA) is 37.4 Å². The van der Waals surface area contributed by atoms with E-state index in [4.69, 9.17) is 0 Å². The Kier molecular flexibility index (Phi) is 4.67. The molecule has 3 rings (SSSR count). The van der Waals surface area contributed by atoms with E-state index in [1.165, 1.54) is 4.31 Å². The van der Waals surface area contributed by atoms with Crippen LogP contribution in [0.5, 0.6) is 0 Å². The molecule has 0 N–H and O–H groups in total. The Labute approximate surface area is 143 Å². The first-order valence-corrected chi connectivity index (χ1v) is 9.24. The molecule has 0 aliphatic rings. The molecule has 4 heteroatoms. The number of para-hydroxylation sites is 1. The number of hydrogen-bond acceptors (Lipinski definition) is 2. The standard InChI is InChI=1S/C20H19NO2S/c1-21(19-15-9-4-10-16-19)24(22,23)20(17-11-5-2-6-12-17)18-13-7-3-8-14-18/h2-16,20H,1H3. The van der Waals surface area contributed by atoms with Crippen molar-refractivity contribution in [2.75, 3.05) is 11.4 Å². The van der Waals surface area contributed by atoms with Crippen molar-refractivity contribution < 1.29 is 8.42 Å². The largest absolute Gasteiger partial charge is 0.273 e. The van der Waals surface area contributed by atoms with Gasteiger partial charge >= 0.3 is 0 Å². The minimum atomic E-state index is -3.63. The monoisotopic (exact) mass is 337 g/mol. The second-order valence-electron chi connectivity index (χ2n) is 5.55. The molecule has 3 nitrogen and oxygen atoms in total. The number of nitrogens with zero attached hydrogens (tertiary/aromatic N) is 1. The van der Waals surface area contributed by atoms with E-state index in [2.05, 4.69) is 0 Å². The van der Waals surface area contributed by atoms with Gasteiger partial charge in [-0.3, -0.25) is 4.31 Å². The van der Waals surface area contributed by atoms with Crippen molar-refractivity contribution in [2.24, 2.45) is 0 Å². The highest BCUT2D eigenvalue weighted by Gasteiger charge is 2.32. The molecule has 0 radical (unpaired) electrons. The summed E-state index contributed by atoms with van der Waals surface area (Å²) in [6.45, 7) is 0. The summed E-state index contributed by atoms with van der Waals surface area (Å²) in [7, 11) is -2.03. The second-order valence-corrected chi connectivity index (χ2v) is 7.60. The van der Waals surface area contributed by atoms with Crippen LogP contribution in [0.15, 0.2) is 91.0 Å². The molecule has 3 aromatic rings. The molecular weight excluding hydrogens is 318 g/mol. The van der Waals surface area contributed by atoms with Gasteiger partial charge in [0.25, 0.3) is 0 Å². The van der Waals surface area contributed by atoms with Crippen LogP contribution in [0.1, 0.15) is 16.4 Å². The molecule has 0 aliphatic heterocycles. The summed E-state index contributed by atoms with van der Waals surface area (Å²) >= 11 is 0. The summed E-state index contributed by atoms with van der Waals surface area (Å²) in [5.41, 5.74) is 2.16. The number of sulfonamides is 1. The van der Waals surface area contributed by atoms with Crippen LogP contribution in [-0.2, 0) is 10.0 Å². The lowest BCUT2D eigenvalue weighted by atomic mass is 10.0. The molecule has 24 heavy (non-hydrogen) atoms. The Bertz CT molecular complexity index is 839. The zero-order valence-electron chi connectivity index (χ0n) is 13.4. The zero-order chi connectivity index (χ0) is 17.0. The van der Waals surface area contributed by atoms with Crippen molar-refractivity contribution in [3.05, 3.63) is 102 Å². The van der Waals surface area contributed by atoms with Gasteiger partial charge in [-0.1, -0.05) is 78.9 Å². The molecule has 0 aromatic heterocycles. The van der Waals surface area contributed by atoms with E-state index in [1.54, 1.807) is 19.2 Å². The molecule has 0 heterocycles. The molecule has 3 aromatic carbocycles. The molecule has 0 fully saturated rings. The summed E-state index contributed by atoms with van der Waals surface area (Å²) in [4.78, 5) is 0. The van der Waals surface area contributed by atoms with Crippen LogP contribution >= 0.6 is 0 Å². The van der Waals surface area contributed by atoms with Gasteiger partial charge in [0, 0.05) is 7.05 Å². The highest BCUT2D eigenvalue weighted by atomic mass is 32.2. The Morgan fingerprint density at radius 3 is 1.46 bits per heavy atom. The van der Waals surface area contributed by atoms with Crippen LogP contribution in [0.3, 0.4) is 0 Å². The van der Waals surface area contributed by atoms with E-state index >= 15 is 0 Å². The average molecular weight is 337 g/mol. The van der Waals surface area contributed by atoms with Crippen LogP contribution in [0.2, 0.25) is 0 Å². The lowest BCUT2D eigenvalue weighted by molar-refractivity contribution is 0.587. The SMILES string of the molecule is CN(c1ccccc1)S(=O)(=O)C(c1ccccc1)c1ccccc1. The summed E-state index contributed by atoms with van der Waals surface area (Å²) in [5, 5.41) is -0.745. The van der Waals surface area contributed by atoms with Crippen LogP contribution < -0.4 is 4.31 Å². The van der Waals surface area contributed by atoms with Crippen LogP contribution in [0.4, 0.5) is 5.69 Å². The molecule has 0 amide bonds. The van der Waals surface area contributed by atoms with Gasteiger partial charge in [-0.15, -0.1) is 0 Å². The Hall–Kier alpha value is -2.59. The van der Waals surface area contributed by atoms with Crippen molar-refractivity contribution in [1.29, 1.82) is 0 Å². The first kappa shape index (κ1) is 16.3. The van der Waals surface area contributed by atoms with E-state index in [0.717, 1.165) is 11.1 Å². The molecule has 0 saturated carbocycles. The molecule has 0 bridgehead atoms. The predicted octanol–water partition coefficient (Wildman–Crippen LogP) is 4.24. The van der Waals surface area contributed by atoms with Gasteiger partial charge in [0.05, 0.1) is 5.69 Å². The van der Waals surface area contributed by atoms with Gasteiger partial charge in [0.15, 0.2) is 0 Å². The first-order valence-electron chi connectivity index (χ1n) is 7.73. The molecule has 0 aliphatic carbocycles. The van der Waals surface area contributed by atoms with Crippen molar-refractivity contribution in [2.45, 2.75) is 5.25 Å². The number of anilines is 1. The normalized spacial score (nSPS) is 11.4. The summed E-state index contributed by atoms with van der Waals surface area (Å²) < 4.78 is 28.1. The Morgan fingerprint density at radius 2 is 1.04 bits per heavy atom. The fourth-order valence-electron chi connectivity index (χ4n) is 2.74. The predicted molar refractivity (Wildman–Crippen MR) is 98.5 cm³/mol. The van der Waals surface area contributed by atoms with Crippen LogP contribution in [-0.4, -0.2) is 15.5 Å². The third kappa shape index (κ3) is 3.19. The molecule has 122 valence electrons. The third-order valence-corrected chi connectivity index (χ3v) is 6.12. The highest BCUT2D eigenvalue weighted by Crippen LogP contribution is 2.34. The van der Waals surface area contributed by atoms with E-state index in [0.29, 0.717) is 5.69 Å². The van der Waals surface area contributed by atoms with Crippen LogP contribution in [0.25, 0.3) is 0 Å². The Balaban J connectivity index is 2.12. The number of rotatable bonds is 5. The van der Waals surface area contributed by atoms with Gasteiger partial charge in [0.1, 0.15) is 5.25 Å². The molecule has 0 saturated heterocycles. The highest BCUT2D eigenvalue weighted by molar-refractivity contribution is 7.93. The molecular formula is C20H19NO2S. The van der Waals surface area contributed by atoms with Crippen molar-refractivity contribution in [3.8, 4) is 0 Å². The number of benzene rings is 3. The summed E-state index contributed by atoms with van der Waals surface area (Å²) in [6.07, 6.45) is 0. The van der Waals surface area contributed by atoms with Crippen LogP contribution in [0, 0.1) is 0 Å². The van der Waals surface area contributed by atoms with Gasteiger partial charge in [0.2, 0.25) is 10.0 Å². The quantitative estimate of drug-likeness (QED) is 0.698. The minimum Gasteiger partial charge on any atom is -0.273 e. The van der Waals surface area contributed by atoms with Gasteiger partial charge in [-0.05, 0) is 23.3 Å². The molecule has 0 spiro atoms. The maximum atomic E-state index is 13.4. The van der Waals surface area contributed by atoms with Gasteiger partial charge < -0.3 is 0 Å². The molecule has 0 atom stereocenters. The van der Waals surface area contributed by atoms with E-state index in [-0.39, 0.29) is 0 Å². The lowest BCUT2D eigenvalue weighted by Crippen LogP contribution is -2.32. The Morgan fingerprint density at radius 1 is 0.667 bits per heavy atom. The maximum absolute atomic E-state index is 13.4. The van der Waals surface area contributed by atoms with E-state index in [9.17, 15) is 8.42 Å². The average Bonchev–Trinajstić information content (AvgIpc) is 2.63. The van der Waals surface area contributed by atoms with Crippen molar-refractivity contribution >= 4 is 15.7 Å².